The van der Waals surface area contributed by atoms with Crippen LogP contribution < -0.4 is 0 Å². The molecule has 0 aliphatic heterocycles. The van der Waals surface area contributed by atoms with Gasteiger partial charge in [0.05, 0.1) is 36.2 Å². The van der Waals surface area contributed by atoms with Crippen molar-refractivity contribution in [1.29, 1.82) is 0 Å². The molecule has 2 aromatic carbocycles. The molecule has 2 aromatic rings. The molecule has 6 aliphatic rings. The van der Waals surface area contributed by atoms with Crippen molar-refractivity contribution in [2.24, 2.45) is 46.3 Å². The molecular formula is C33H30O5. The molecule has 38 heavy (non-hydrogen) atoms. The molecule has 4 bridgehead atoms. The Hall–Kier alpha value is -3.73. The molecule has 5 heteroatoms. The number of fused-ring (bicyclic) bond motifs is 5. The van der Waals surface area contributed by atoms with Gasteiger partial charge in [-0.2, -0.15) is 0 Å². The predicted octanol–water partition coefficient (Wildman–Crippen LogP) is 5.14. The number of allylic oxidation sites excluding steroid dienone is 4. The highest BCUT2D eigenvalue weighted by atomic mass is 16.5. The van der Waals surface area contributed by atoms with Crippen LogP contribution in [0.5, 0.6) is 0 Å². The zero-order valence-corrected chi connectivity index (χ0v) is 21.9. The van der Waals surface area contributed by atoms with Gasteiger partial charge in [0.25, 0.3) is 0 Å². The minimum Gasteiger partial charge on any atom is -0.466 e. The van der Waals surface area contributed by atoms with Crippen LogP contribution in [0.15, 0.2) is 84.0 Å². The monoisotopic (exact) mass is 506 g/mol. The van der Waals surface area contributed by atoms with Crippen molar-refractivity contribution < 1.29 is 23.9 Å². The van der Waals surface area contributed by atoms with Crippen molar-refractivity contribution in [3.05, 3.63) is 95.1 Å². The molecule has 2 fully saturated rings. The van der Waals surface area contributed by atoms with Gasteiger partial charge in [-0.25, -0.2) is 9.59 Å². The number of carbonyl (C=O) groups is 3. The summed E-state index contributed by atoms with van der Waals surface area (Å²) in [4.78, 5) is 40.8. The van der Waals surface area contributed by atoms with E-state index in [1.54, 1.807) is 0 Å². The van der Waals surface area contributed by atoms with E-state index in [4.69, 9.17) is 9.47 Å². The maximum absolute atomic E-state index is 14.7. The smallest absolute Gasteiger partial charge is 0.334 e. The lowest BCUT2D eigenvalue weighted by molar-refractivity contribution is -0.149. The second kappa shape index (κ2) is 7.66. The molecule has 8 atom stereocenters. The minimum absolute atomic E-state index is 0.0592. The number of ketones is 1. The molecule has 192 valence electrons. The number of rotatable bonds is 4. The first-order valence-electron chi connectivity index (χ1n) is 13.3. The number of hydrogen-bond acceptors (Lipinski definition) is 5. The maximum atomic E-state index is 14.7. The fourth-order valence-corrected chi connectivity index (χ4v) is 9.39. The van der Waals surface area contributed by atoms with Gasteiger partial charge in [-0.1, -0.05) is 72.8 Å². The van der Waals surface area contributed by atoms with Gasteiger partial charge < -0.3 is 9.47 Å². The van der Waals surface area contributed by atoms with Gasteiger partial charge in [-0.05, 0) is 59.8 Å². The van der Waals surface area contributed by atoms with Gasteiger partial charge in [0.2, 0.25) is 0 Å². The first-order chi connectivity index (χ1) is 18.3. The molecule has 6 aliphatic carbocycles. The van der Waals surface area contributed by atoms with Crippen LogP contribution in [-0.4, -0.2) is 31.9 Å². The lowest BCUT2D eigenvalue weighted by Crippen LogP contribution is -2.63. The SMILES string of the molecule is COC(=O)C1=C(C(=O)OC)[C@H]2C=C[C@H]1[C@@H]1[C@@H]2[C@H]2[C@@H]1[C@@]1(C)C(=O)[C@@]2(C)C(c2ccccc2)=C1c1ccccc1. The molecular weight excluding hydrogens is 476 g/mol. The Morgan fingerprint density at radius 3 is 1.37 bits per heavy atom. The third-order valence-electron chi connectivity index (χ3n) is 10.5. The summed E-state index contributed by atoms with van der Waals surface area (Å²) in [6.07, 6.45) is 4.12. The molecule has 0 heterocycles. The molecule has 0 spiro atoms. The van der Waals surface area contributed by atoms with E-state index in [2.05, 4.69) is 50.3 Å². The van der Waals surface area contributed by atoms with Crippen molar-refractivity contribution in [3.8, 4) is 0 Å². The van der Waals surface area contributed by atoms with E-state index in [1.807, 2.05) is 36.4 Å². The summed E-state index contributed by atoms with van der Waals surface area (Å²) in [6.45, 7) is 4.25. The molecule has 5 nitrogen and oxygen atoms in total. The standard InChI is InChI=1S/C33H30O5/c1-32-25(17-11-7-5-8-12-17)26(18-13-9-6-10-14-18)33(2,31(32)36)28-22-20-16-15-19(21(22)27(28)32)23(29(34)37-3)24(20)30(35)38-4/h5-16,19-22,27-28H,1-4H3/t19-,20-,21+,22+,27-,28+,32-,33-/m0/s1. The van der Waals surface area contributed by atoms with Gasteiger partial charge in [0.1, 0.15) is 0 Å². The fraction of sp³-hybridized carbons (Fsp3) is 0.364. The topological polar surface area (TPSA) is 69.7 Å². The minimum atomic E-state index is -0.703. The molecule has 2 saturated carbocycles. The number of esters is 2. The van der Waals surface area contributed by atoms with E-state index in [-0.39, 0.29) is 41.3 Å². The Balaban J connectivity index is 1.47. The van der Waals surface area contributed by atoms with E-state index < -0.39 is 22.8 Å². The fourth-order valence-electron chi connectivity index (χ4n) is 9.39. The van der Waals surface area contributed by atoms with Crippen LogP contribution in [0, 0.1) is 46.3 Å². The van der Waals surface area contributed by atoms with Crippen molar-refractivity contribution in [2.75, 3.05) is 14.2 Å². The number of hydrogen-bond donors (Lipinski definition) is 0. The third kappa shape index (κ3) is 2.46. The Morgan fingerprint density at radius 2 is 1.03 bits per heavy atom. The van der Waals surface area contributed by atoms with Crippen molar-refractivity contribution in [3.63, 3.8) is 0 Å². The average molecular weight is 507 g/mol. The summed E-state index contributed by atoms with van der Waals surface area (Å²) in [5.74, 6) is -1.01. The zero-order chi connectivity index (χ0) is 26.6. The number of methoxy groups -OCH3 is 2. The van der Waals surface area contributed by atoms with Crippen LogP contribution in [0.2, 0.25) is 0 Å². The number of carbonyl (C=O) groups excluding carboxylic acids is 3. The van der Waals surface area contributed by atoms with E-state index in [1.165, 1.54) is 14.2 Å². The number of benzene rings is 2. The largest absolute Gasteiger partial charge is 0.466 e. The normalized spacial score (nSPS) is 37.6. The van der Waals surface area contributed by atoms with Gasteiger partial charge in [0, 0.05) is 11.8 Å². The average Bonchev–Trinajstić information content (AvgIpc) is 3.20. The van der Waals surface area contributed by atoms with Crippen molar-refractivity contribution >= 4 is 28.9 Å². The summed E-state index contributed by atoms with van der Waals surface area (Å²) in [5, 5.41) is 0. The highest BCUT2D eigenvalue weighted by Gasteiger charge is 2.82. The summed E-state index contributed by atoms with van der Waals surface area (Å²) in [7, 11) is 2.70. The second-order valence-electron chi connectivity index (χ2n) is 11.7. The van der Waals surface area contributed by atoms with Crippen molar-refractivity contribution in [2.45, 2.75) is 13.8 Å². The van der Waals surface area contributed by atoms with E-state index in [0.717, 1.165) is 22.3 Å². The summed E-state index contributed by atoms with van der Waals surface area (Å²) >= 11 is 0. The highest BCUT2D eigenvalue weighted by Crippen LogP contribution is 2.83. The van der Waals surface area contributed by atoms with E-state index >= 15 is 0 Å². The Labute approximate surface area is 222 Å². The zero-order valence-electron chi connectivity index (χ0n) is 21.9. The first-order valence-corrected chi connectivity index (χ1v) is 13.3. The molecule has 0 amide bonds. The van der Waals surface area contributed by atoms with Crippen molar-refractivity contribution in [1.82, 2.24) is 0 Å². The van der Waals surface area contributed by atoms with Gasteiger partial charge in [-0.15, -0.1) is 0 Å². The van der Waals surface area contributed by atoms with Gasteiger partial charge in [0.15, 0.2) is 5.78 Å². The Morgan fingerprint density at radius 1 is 0.658 bits per heavy atom. The van der Waals surface area contributed by atoms with Gasteiger partial charge in [-0.3, -0.25) is 4.79 Å². The van der Waals surface area contributed by atoms with Crippen LogP contribution in [0.3, 0.4) is 0 Å². The summed E-state index contributed by atoms with van der Waals surface area (Å²) < 4.78 is 10.3. The molecule has 0 saturated heterocycles. The molecule has 0 N–H and O–H groups in total. The van der Waals surface area contributed by atoms with Gasteiger partial charge >= 0.3 is 11.9 Å². The van der Waals surface area contributed by atoms with Crippen LogP contribution in [0.4, 0.5) is 0 Å². The quantitative estimate of drug-likeness (QED) is 0.424. The Bertz CT molecular complexity index is 1390. The molecule has 0 unspecified atom stereocenters. The number of ether oxygens (including phenoxy) is 2. The maximum Gasteiger partial charge on any atom is 0.334 e. The molecule has 8 rings (SSSR count). The lowest BCUT2D eigenvalue weighted by Gasteiger charge is -2.66. The summed E-state index contributed by atoms with van der Waals surface area (Å²) in [5.41, 5.74) is 3.77. The highest BCUT2D eigenvalue weighted by molar-refractivity contribution is 6.23. The molecule has 0 aromatic heterocycles. The second-order valence-corrected chi connectivity index (χ2v) is 11.7. The number of Topliss-reactive ketones (excluding diaryl/α,β-unsaturated/α-hetero) is 1. The van der Waals surface area contributed by atoms with Crippen LogP contribution in [0.1, 0.15) is 25.0 Å². The van der Waals surface area contributed by atoms with E-state index in [9.17, 15) is 14.4 Å². The van der Waals surface area contributed by atoms with Crippen LogP contribution in [0.25, 0.3) is 11.1 Å². The lowest BCUT2D eigenvalue weighted by atomic mass is 9.36. The van der Waals surface area contributed by atoms with E-state index in [0.29, 0.717) is 11.1 Å². The summed E-state index contributed by atoms with van der Waals surface area (Å²) in [6, 6.07) is 20.5. The van der Waals surface area contributed by atoms with Crippen LogP contribution in [-0.2, 0) is 23.9 Å². The Kier molecular flexibility index (Phi) is 4.71. The third-order valence-corrected chi connectivity index (χ3v) is 10.5. The predicted molar refractivity (Wildman–Crippen MR) is 142 cm³/mol. The molecule has 0 radical (unpaired) electrons. The first kappa shape index (κ1) is 23.4. The van der Waals surface area contributed by atoms with Crippen LogP contribution >= 0.6 is 0 Å².